The van der Waals surface area contributed by atoms with Crippen molar-refractivity contribution in [3.8, 4) is 0 Å². The Morgan fingerprint density at radius 2 is 2.13 bits per heavy atom. The number of hydrogen-bond acceptors (Lipinski definition) is 3. The van der Waals surface area contributed by atoms with Gasteiger partial charge in [0.25, 0.3) is 0 Å². The molecule has 0 amide bonds. The lowest BCUT2D eigenvalue weighted by Crippen LogP contribution is -2.27. The molecule has 1 aromatic rings. The lowest BCUT2D eigenvalue weighted by molar-refractivity contribution is 0.697. The minimum Gasteiger partial charge on any atom is -0.354 e. The molecule has 1 aromatic heterocycles. The Kier molecular flexibility index (Phi) is 3.41. The van der Waals surface area contributed by atoms with Crippen molar-refractivity contribution in [2.45, 2.75) is 26.2 Å². The predicted octanol–water partition coefficient (Wildman–Crippen LogP) is 2.76. The molecule has 1 saturated carbocycles. The molecule has 82 valence electrons. The first-order chi connectivity index (χ1) is 7.31. The van der Waals surface area contributed by atoms with Crippen LogP contribution in [0.25, 0.3) is 0 Å². The molecule has 0 unspecified atom stereocenters. The second kappa shape index (κ2) is 4.79. The van der Waals surface area contributed by atoms with Gasteiger partial charge in [-0.15, -0.1) is 0 Å². The average molecular weight is 226 g/mol. The van der Waals surface area contributed by atoms with Crippen molar-refractivity contribution in [1.82, 2.24) is 9.97 Å². The van der Waals surface area contributed by atoms with E-state index in [-0.39, 0.29) is 0 Å². The van der Waals surface area contributed by atoms with Gasteiger partial charge in [-0.1, -0.05) is 18.5 Å². The van der Waals surface area contributed by atoms with E-state index in [2.05, 4.69) is 21.8 Å². The van der Waals surface area contributed by atoms with Crippen molar-refractivity contribution in [2.24, 2.45) is 5.92 Å². The highest BCUT2D eigenvalue weighted by Crippen LogP contribution is 2.32. The number of rotatable bonds is 5. The molecule has 0 aliphatic heterocycles. The molecule has 0 spiro atoms. The molecular formula is C11H16ClN3. The molecule has 4 heteroatoms. The van der Waals surface area contributed by atoms with Crippen molar-refractivity contribution in [3.05, 3.63) is 17.5 Å². The van der Waals surface area contributed by atoms with Crippen LogP contribution in [0.5, 0.6) is 0 Å². The molecule has 0 aromatic carbocycles. The average Bonchev–Trinajstić information content (AvgIpc) is 3.02. The van der Waals surface area contributed by atoms with Crippen molar-refractivity contribution in [3.63, 3.8) is 0 Å². The topological polar surface area (TPSA) is 29.0 Å². The van der Waals surface area contributed by atoms with Gasteiger partial charge in [0.2, 0.25) is 0 Å². The van der Waals surface area contributed by atoms with Gasteiger partial charge >= 0.3 is 0 Å². The molecule has 0 saturated heterocycles. The first-order valence-corrected chi connectivity index (χ1v) is 5.90. The van der Waals surface area contributed by atoms with Crippen LogP contribution in [-0.4, -0.2) is 23.1 Å². The fraction of sp³-hybridized carbons (Fsp3) is 0.636. The predicted molar refractivity (Wildman–Crippen MR) is 62.3 cm³/mol. The van der Waals surface area contributed by atoms with Gasteiger partial charge in [-0.2, -0.15) is 0 Å². The van der Waals surface area contributed by atoms with Crippen LogP contribution < -0.4 is 4.90 Å². The Hall–Kier alpha value is -0.830. The highest BCUT2D eigenvalue weighted by Gasteiger charge is 2.25. The van der Waals surface area contributed by atoms with Gasteiger partial charge in [0.05, 0.1) is 0 Å². The molecule has 2 rings (SSSR count). The van der Waals surface area contributed by atoms with Gasteiger partial charge in [0.1, 0.15) is 0 Å². The SMILES string of the molecule is CCCN(CC1CC1)c1nccnc1Cl. The zero-order valence-electron chi connectivity index (χ0n) is 8.99. The zero-order valence-corrected chi connectivity index (χ0v) is 9.74. The monoisotopic (exact) mass is 225 g/mol. The van der Waals surface area contributed by atoms with E-state index in [0.717, 1.165) is 31.2 Å². The van der Waals surface area contributed by atoms with Gasteiger partial charge in [-0.05, 0) is 25.2 Å². The standard InChI is InChI=1S/C11H16ClN3/c1-2-7-15(8-9-3-4-9)11-10(12)13-5-6-14-11/h5-6,9H,2-4,7-8H2,1H3. The fourth-order valence-electron chi connectivity index (χ4n) is 1.69. The molecule has 0 bridgehead atoms. The van der Waals surface area contributed by atoms with E-state index in [9.17, 15) is 0 Å². The van der Waals surface area contributed by atoms with Crippen LogP contribution >= 0.6 is 11.6 Å². The van der Waals surface area contributed by atoms with Crippen molar-refractivity contribution in [1.29, 1.82) is 0 Å². The molecule has 0 N–H and O–H groups in total. The third-order valence-corrected chi connectivity index (χ3v) is 2.87. The van der Waals surface area contributed by atoms with Crippen LogP contribution in [0.4, 0.5) is 5.82 Å². The molecule has 1 aliphatic carbocycles. The first kappa shape index (κ1) is 10.7. The summed E-state index contributed by atoms with van der Waals surface area (Å²) >= 11 is 6.04. The van der Waals surface area contributed by atoms with E-state index < -0.39 is 0 Å². The van der Waals surface area contributed by atoms with Gasteiger partial charge < -0.3 is 4.90 Å². The first-order valence-electron chi connectivity index (χ1n) is 5.52. The van der Waals surface area contributed by atoms with Crippen LogP contribution in [0.1, 0.15) is 26.2 Å². The van der Waals surface area contributed by atoms with Crippen LogP contribution in [-0.2, 0) is 0 Å². The van der Waals surface area contributed by atoms with Crippen LogP contribution in [0.15, 0.2) is 12.4 Å². The molecule has 15 heavy (non-hydrogen) atoms. The zero-order chi connectivity index (χ0) is 10.7. The highest BCUT2D eigenvalue weighted by molar-refractivity contribution is 6.31. The summed E-state index contributed by atoms with van der Waals surface area (Å²) in [4.78, 5) is 10.6. The molecular weight excluding hydrogens is 210 g/mol. The Labute approximate surface area is 95.5 Å². The lowest BCUT2D eigenvalue weighted by Gasteiger charge is -2.23. The number of hydrogen-bond donors (Lipinski definition) is 0. The number of anilines is 1. The minimum atomic E-state index is 0.520. The summed E-state index contributed by atoms with van der Waals surface area (Å²) < 4.78 is 0. The Bertz CT molecular complexity index is 325. The molecule has 3 nitrogen and oxygen atoms in total. The number of halogens is 1. The Balaban J connectivity index is 2.11. The number of aromatic nitrogens is 2. The third-order valence-electron chi connectivity index (χ3n) is 2.60. The van der Waals surface area contributed by atoms with Gasteiger partial charge in [-0.25, -0.2) is 9.97 Å². The Morgan fingerprint density at radius 3 is 2.73 bits per heavy atom. The van der Waals surface area contributed by atoms with Gasteiger partial charge in [0, 0.05) is 25.5 Å². The summed E-state index contributed by atoms with van der Waals surface area (Å²) in [5.41, 5.74) is 0. The summed E-state index contributed by atoms with van der Waals surface area (Å²) in [6.45, 7) is 4.26. The molecule has 1 aliphatic rings. The Morgan fingerprint density at radius 1 is 1.40 bits per heavy atom. The molecule has 0 atom stereocenters. The van der Waals surface area contributed by atoms with E-state index in [1.807, 2.05) is 0 Å². The van der Waals surface area contributed by atoms with Crippen molar-refractivity contribution >= 4 is 17.4 Å². The second-order valence-electron chi connectivity index (χ2n) is 4.06. The normalized spacial score (nSPS) is 15.3. The third kappa shape index (κ3) is 2.81. The van der Waals surface area contributed by atoms with Crippen molar-refractivity contribution < 1.29 is 0 Å². The van der Waals surface area contributed by atoms with Crippen LogP contribution in [0, 0.1) is 5.92 Å². The summed E-state index contributed by atoms with van der Waals surface area (Å²) in [7, 11) is 0. The van der Waals surface area contributed by atoms with Crippen LogP contribution in [0.3, 0.4) is 0 Å². The summed E-state index contributed by atoms with van der Waals surface area (Å²) in [6.07, 6.45) is 7.14. The highest BCUT2D eigenvalue weighted by atomic mass is 35.5. The van der Waals surface area contributed by atoms with Gasteiger partial charge in [0.15, 0.2) is 11.0 Å². The maximum atomic E-state index is 6.04. The van der Waals surface area contributed by atoms with E-state index in [4.69, 9.17) is 11.6 Å². The summed E-state index contributed by atoms with van der Waals surface area (Å²) in [5.74, 6) is 1.68. The van der Waals surface area contributed by atoms with E-state index in [0.29, 0.717) is 5.15 Å². The van der Waals surface area contributed by atoms with Gasteiger partial charge in [-0.3, -0.25) is 0 Å². The molecule has 0 radical (unpaired) electrons. The second-order valence-corrected chi connectivity index (χ2v) is 4.42. The quantitative estimate of drug-likeness (QED) is 0.772. The summed E-state index contributed by atoms with van der Waals surface area (Å²) in [5, 5.41) is 0.520. The van der Waals surface area contributed by atoms with E-state index in [1.54, 1.807) is 12.4 Å². The maximum Gasteiger partial charge on any atom is 0.171 e. The summed E-state index contributed by atoms with van der Waals surface area (Å²) in [6, 6.07) is 0. The van der Waals surface area contributed by atoms with Crippen molar-refractivity contribution in [2.75, 3.05) is 18.0 Å². The maximum absolute atomic E-state index is 6.04. The molecule has 1 fully saturated rings. The smallest absolute Gasteiger partial charge is 0.171 e. The largest absolute Gasteiger partial charge is 0.354 e. The lowest BCUT2D eigenvalue weighted by atomic mass is 10.3. The van der Waals surface area contributed by atoms with E-state index in [1.165, 1.54) is 12.8 Å². The minimum absolute atomic E-state index is 0.520. The van der Waals surface area contributed by atoms with Crippen LogP contribution in [0.2, 0.25) is 5.15 Å². The number of nitrogens with zero attached hydrogens (tertiary/aromatic N) is 3. The van der Waals surface area contributed by atoms with E-state index >= 15 is 0 Å². The fourth-order valence-corrected chi connectivity index (χ4v) is 1.92. The molecule has 1 heterocycles.